The second kappa shape index (κ2) is 11.0. The molecule has 0 aliphatic heterocycles. The molecule has 0 saturated carbocycles. The topological polar surface area (TPSA) is 18.5 Å². The summed E-state index contributed by atoms with van der Waals surface area (Å²) in [6.07, 6.45) is 0. The Morgan fingerprint density at radius 3 is 1.00 bits per heavy atom. The van der Waals surface area contributed by atoms with Gasteiger partial charge >= 0.3 is 0 Å². The van der Waals surface area contributed by atoms with Gasteiger partial charge in [0.05, 0.1) is 0 Å². The average molecular weight is 331 g/mol. The number of hydrogen-bond acceptors (Lipinski definition) is 2. The summed E-state index contributed by atoms with van der Waals surface area (Å²) >= 11 is 0. The Kier molecular flexibility index (Phi) is 10.3. The summed E-state index contributed by atoms with van der Waals surface area (Å²) in [5.74, 6) is 0. The fraction of sp³-hybridized carbons (Fsp3) is 0.455. The lowest BCUT2D eigenvalue weighted by molar-refractivity contribution is -0.410. The largest absolute Gasteiger partial charge is 0.225 e. The molecular formula is C22H34O2. The maximum atomic E-state index is 5.73. The van der Waals surface area contributed by atoms with Crippen LogP contribution in [0, 0.1) is 0 Å². The molecule has 2 aromatic carbocycles. The van der Waals surface area contributed by atoms with Gasteiger partial charge in [0.2, 0.25) is 0 Å². The SMILES string of the molecule is CC.CC.CC(C)(OOC(C)(C)c1ccccc1)c1ccccc1. The van der Waals surface area contributed by atoms with Gasteiger partial charge in [-0.2, -0.15) is 0 Å². The van der Waals surface area contributed by atoms with Gasteiger partial charge in [-0.25, -0.2) is 9.78 Å². The first-order chi connectivity index (χ1) is 11.4. The molecule has 2 rings (SSSR count). The Balaban J connectivity index is 0.00000123. The van der Waals surface area contributed by atoms with E-state index in [2.05, 4.69) is 0 Å². The summed E-state index contributed by atoms with van der Waals surface area (Å²) in [5, 5.41) is 0. The van der Waals surface area contributed by atoms with Crippen LogP contribution < -0.4 is 0 Å². The first-order valence-corrected chi connectivity index (χ1v) is 8.90. The Labute approximate surface area is 148 Å². The minimum Gasteiger partial charge on any atom is -0.225 e. The molecule has 0 amide bonds. The Morgan fingerprint density at radius 2 is 0.750 bits per heavy atom. The molecule has 0 radical (unpaired) electrons. The van der Waals surface area contributed by atoms with Gasteiger partial charge in [0, 0.05) is 0 Å². The van der Waals surface area contributed by atoms with Gasteiger partial charge in [0.1, 0.15) is 11.2 Å². The van der Waals surface area contributed by atoms with Crippen LogP contribution in [0.2, 0.25) is 0 Å². The summed E-state index contributed by atoms with van der Waals surface area (Å²) < 4.78 is 0. The van der Waals surface area contributed by atoms with Crippen molar-refractivity contribution in [3.63, 3.8) is 0 Å². The maximum absolute atomic E-state index is 5.73. The van der Waals surface area contributed by atoms with Crippen LogP contribution in [-0.4, -0.2) is 0 Å². The van der Waals surface area contributed by atoms with Gasteiger partial charge in [-0.05, 0) is 38.8 Å². The van der Waals surface area contributed by atoms with Crippen molar-refractivity contribution < 1.29 is 9.78 Å². The molecule has 2 heteroatoms. The first kappa shape index (κ1) is 22.4. The van der Waals surface area contributed by atoms with Crippen molar-refractivity contribution in [3.8, 4) is 0 Å². The molecule has 0 aromatic heterocycles. The van der Waals surface area contributed by atoms with Crippen LogP contribution in [0.4, 0.5) is 0 Å². The molecule has 0 spiro atoms. The predicted octanol–water partition coefficient (Wildman–Crippen LogP) is 6.86. The first-order valence-electron chi connectivity index (χ1n) is 8.90. The van der Waals surface area contributed by atoms with Crippen LogP contribution in [0.3, 0.4) is 0 Å². The van der Waals surface area contributed by atoms with E-state index >= 15 is 0 Å². The molecule has 0 aliphatic carbocycles. The molecule has 0 unspecified atom stereocenters. The van der Waals surface area contributed by atoms with E-state index in [0.717, 1.165) is 11.1 Å². The molecule has 24 heavy (non-hydrogen) atoms. The van der Waals surface area contributed by atoms with Gasteiger partial charge in [-0.15, -0.1) is 0 Å². The lowest BCUT2D eigenvalue weighted by Crippen LogP contribution is -2.29. The predicted molar refractivity (Wildman–Crippen MR) is 104 cm³/mol. The van der Waals surface area contributed by atoms with Crippen LogP contribution in [0.25, 0.3) is 0 Å². The molecular weight excluding hydrogens is 296 g/mol. The minimum absolute atomic E-state index is 0.493. The van der Waals surface area contributed by atoms with Crippen LogP contribution in [0.5, 0.6) is 0 Å². The average Bonchev–Trinajstić information content (AvgIpc) is 2.65. The van der Waals surface area contributed by atoms with E-state index < -0.39 is 11.2 Å². The summed E-state index contributed by atoms with van der Waals surface area (Å²) in [6, 6.07) is 20.2. The molecule has 2 nitrogen and oxygen atoms in total. The van der Waals surface area contributed by atoms with Crippen molar-refractivity contribution in [3.05, 3.63) is 71.8 Å². The van der Waals surface area contributed by atoms with Crippen LogP contribution >= 0.6 is 0 Å². The molecule has 0 heterocycles. The molecule has 0 bridgehead atoms. The zero-order valence-corrected chi connectivity index (χ0v) is 16.6. The fourth-order valence-corrected chi connectivity index (χ4v) is 1.98. The van der Waals surface area contributed by atoms with E-state index in [1.165, 1.54) is 0 Å². The van der Waals surface area contributed by atoms with Crippen molar-refractivity contribution in [2.75, 3.05) is 0 Å². The third kappa shape index (κ3) is 6.86. The van der Waals surface area contributed by atoms with E-state index in [-0.39, 0.29) is 0 Å². The highest BCUT2D eigenvalue weighted by Crippen LogP contribution is 2.31. The van der Waals surface area contributed by atoms with Crippen molar-refractivity contribution in [2.45, 2.75) is 66.6 Å². The monoisotopic (exact) mass is 330 g/mol. The molecule has 0 atom stereocenters. The van der Waals surface area contributed by atoms with E-state index in [0.29, 0.717) is 0 Å². The maximum Gasteiger partial charge on any atom is 0.123 e. The molecule has 0 saturated heterocycles. The summed E-state index contributed by atoms with van der Waals surface area (Å²) in [7, 11) is 0. The second-order valence-electron chi connectivity index (χ2n) is 5.92. The van der Waals surface area contributed by atoms with Crippen molar-refractivity contribution in [1.29, 1.82) is 0 Å². The van der Waals surface area contributed by atoms with Crippen molar-refractivity contribution >= 4 is 0 Å². The number of rotatable bonds is 5. The van der Waals surface area contributed by atoms with E-state index in [9.17, 15) is 0 Å². The van der Waals surface area contributed by atoms with Gasteiger partial charge < -0.3 is 0 Å². The Hall–Kier alpha value is -1.64. The quantitative estimate of drug-likeness (QED) is 0.440. The normalized spacial score (nSPS) is 10.8. The third-order valence-corrected chi connectivity index (χ3v) is 3.40. The number of hydrogen-bond donors (Lipinski definition) is 0. The molecule has 0 aliphatic rings. The van der Waals surface area contributed by atoms with Crippen LogP contribution in [0.1, 0.15) is 66.5 Å². The summed E-state index contributed by atoms with van der Waals surface area (Å²) in [4.78, 5) is 11.5. The van der Waals surface area contributed by atoms with Gasteiger partial charge in [0.15, 0.2) is 0 Å². The minimum atomic E-state index is -0.493. The number of benzene rings is 2. The Morgan fingerprint density at radius 1 is 0.500 bits per heavy atom. The smallest absolute Gasteiger partial charge is 0.123 e. The van der Waals surface area contributed by atoms with Gasteiger partial charge in [-0.1, -0.05) is 88.4 Å². The molecule has 134 valence electrons. The highest BCUT2D eigenvalue weighted by molar-refractivity contribution is 5.22. The van der Waals surface area contributed by atoms with Crippen molar-refractivity contribution in [2.24, 2.45) is 0 Å². The van der Waals surface area contributed by atoms with Gasteiger partial charge in [0.25, 0.3) is 0 Å². The second-order valence-corrected chi connectivity index (χ2v) is 5.92. The highest BCUT2D eigenvalue weighted by Gasteiger charge is 2.29. The van der Waals surface area contributed by atoms with Crippen LogP contribution in [0.15, 0.2) is 60.7 Å². The third-order valence-electron chi connectivity index (χ3n) is 3.40. The standard InChI is InChI=1S/C18H22O2.2C2H6/c1-17(2,15-11-7-5-8-12-15)19-20-18(3,4)16-13-9-6-10-14-16;2*1-2/h5-14H,1-4H3;2*1-2H3. The lowest BCUT2D eigenvalue weighted by Gasteiger charge is -2.31. The fourth-order valence-electron chi connectivity index (χ4n) is 1.98. The van der Waals surface area contributed by atoms with Crippen molar-refractivity contribution in [1.82, 2.24) is 0 Å². The lowest BCUT2D eigenvalue weighted by atomic mass is 9.98. The molecule has 0 fully saturated rings. The van der Waals surface area contributed by atoms with E-state index in [1.807, 2.05) is 116 Å². The van der Waals surface area contributed by atoms with Gasteiger partial charge in [-0.3, -0.25) is 0 Å². The summed E-state index contributed by atoms with van der Waals surface area (Å²) in [5.41, 5.74) is 1.19. The molecule has 2 aromatic rings. The zero-order valence-electron chi connectivity index (χ0n) is 16.6. The zero-order chi connectivity index (χ0) is 18.6. The van der Waals surface area contributed by atoms with Crippen LogP contribution in [-0.2, 0) is 21.0 Å². The van der Waals surface area contributed by atoms with E-state index in [1.54, 1.807) is 0 Å². The molecule has 0 N–H and O–H groups in total. The van der Waals surface area contributed by atoms with E-state index in [4.69, 9.17) is 9.78 Å². The highest BCUT2D eigenvalue weighted by atomic mass is 17.2. The summed E-state index contributed by atoms with van der Waals surface area (Å²) in [6.45, 7) is 16.0. The Bertz CT molecular complexity index is 479.